The topological polar surface area (TPSA) is 76.8 Å². The number of rotatable bonds is 8. The quantitative estimate of drug-likeness (QED) is 0.469. The van der Waals surface area contributed by atoms with Crippen LogP contribution in [0.5, 0.6) is 0 Å². The number of anilines is 3. The van der Waals surface area contributed by atoms with Gasteiger partial charge in [-0.1, -0.05) is 0 Å². The largest absolute Gasteiger partial charge is 0.418 e. The molecule has 1 saturated heterocycles. The molecule has 0 amide bonds. The van der Waals surface area contributed by atoms with Crippen LogP contribution in [0.25, 0.3) is 0 Å². The molecule has 1 heterocycles. The van der Waals surface area contributed by atoms with Crippen LogP contribution in [0.1, 0.15) is 38.7 Å². The molecule has 10 heteroatoms. The minimum Gasteiger partial charge on any atom is -0.397 e. The van der Waals surface area contributed by atoms with Crippen molar-refractivity contribution in [1.29, 1.82) is 0 Å². The summed E-state index contributed by atoms with van der Waals surface area (Å²) in [4.78, 5) is 1.72. The summed E-state index contributed by atoms with van der Waals surface area (Å²) in [6.07, 6.45) is -2.00. The number of nitrogens with two attached hydrogens (primary N) is 1. The number of alkyl halides is 3. The molecular weight excluding hydrogens is 382 g/mol. The predicted octanol–water partition coefficient (Wildman–Crippen LogP) is 4.91. The average molecular weight is 409 g/mol. The van der Waals surface area contributed by atoms with E-state index in [2.05, 4.69) is 5.32 Å². The Morgan fingerprint density at radius 2 is 1.74 bits per heavy atom. The number of benzene rings is 1. The molecule has 0 bridgehead atoms. The number of nitrogens with one attached hydrogen (secondary N) is 1. The smallest absolute Gasteiger partial charge is 0.397 e. The van der Waals surface area contributed by atoms with E-state index in [4.69, 9.17) is 14.8 Å². The Bertz CT molecular complexity index is 669. The summed E-state index contributed by atoms with van der Waals surface area (Å²) in [5, 5.41) is 2.85. The van der Waals surface area contributed by atoms with E-state index in [9.17, 15) is 17.7 Å². The zero-order chi connectivity index (χ0) is 20.1. The molecule has 0 radical (unpaired) electrons. The van der Waals surface area contributed by atoms with Crippen molar-refractivity contribution in [2.24, 2.45) is 0 Å². The van der Waals surface area contributed by atoms with Crippen molar-refractivity contribution in [1.82, 2.24) is 0 Å². The number of hydrogen-bond acceptors (Lipinski definition) is 6. The molecule has 154 valence electrons. The Morgan fingerprint density at radius 1 is 1.15 bits per heavy atom. The first-order chi connectivity index (χ1) is 12.7. The molecule has 1 aromatic rings. The van der Waals surface area contributed by atoms with Gasteiger partial charge in [-0.2, -0.15) is 13.2 Å². The van der Waals surface area contributed by atoms with Crippen LogP contribution in [-0.2, 0) is 19.8 Å². The first-order valence-electron chi connectivity index (χ1n) is 9.08. The standard InChI is InChI=1S/C17H27F3N3O3P/c1-3-25-27(24,26-4-2)12-22-15-11-16(23-8-6-5-7-9-23)13(10-14(15)21)17(18,19)20/h10-11,22H,3-9,12,21H2,1-2H3. The molecule has 1 aliphatic heterocycles. The highest BCUT2D eigenvalue weighted by Crippen LogP contribution is 2.48. The third-order valence-corrected chi connectivity index (χ3v) is 6.13. The number of nitrogens with zero attached hydrogens (tertiary/aromatic N) is 1. The van der Waals surface area contributed by atoms with Gasteiger partial charge >= 0.3 is 13.8 Å². The fraction of sp³-hybridized carbons (Fsp3) is 0.647. The summed E-state index contributed by atoms with van der Waals surface area (Å²) in [7, 11) is -3.40. The number of piperidine rings is 1. The summed E-state index contributed by atoms with van der Waals surface area (Å²) in [6.45, 7) is 4.88. The SMILES string of the molecule is CCOP(=O)(CNc1cc(N2CCCCC2)c(C(F)(F)F)cc1N)OCC. The highest BCUT2D eigenvalue weighted by atomic mass is 31.2. The van der Waals surface area contributed by atoms with Crippen molar-refractivity contribution in [2.75, 3.05) is 48.5 Å². The highest BCUT2D eigenvalue weighted by Gasteiger charge is 2.36. The molecule has 0 spiro atoms. The van der Waals surface area contributed by atoms with Crippen LogP contribution in [0, 0.1) is 0 Å². The Kier molecular flexibility index (Phi) is 7.42. The maximum atomic E-state index is 13.5. The predicted molar refractivity (Wildman–Crippen MR) is 101 cm³/mol. The van der Waals surface area contributed by atoms with Gasteiger partial charge in [0.1, 0.15) is 6.29 Å². The molecule has 6 nitrogen and oxygen atoms in total. The van der Waals surface area contributed by atoms with Crippen LogP contribution in [0.2, 0.25) is 0 Å². The van der Waals surface area contributed by atoms with E-state index in [0.29, 0.717) is 13.1 Å². The second kappa shape index (κ2) is 9.17. The van der Waals surface area contributed by atoms with Gasteiger partial charge in [0.25, 0.3) is 0 Å². The van der Waals surface area contributed by atoms with Gasteiger partial charge in [-0.3, -0.25) is 4.57 Å². The van der Waals surface area contributed by atoms with E-state index in [1.807, 2.05) is 0 Å². The van der Waals surface area contributed by atoms with E-state index in [1.54, 1.807) is 18.7 Å². The molecule has 2 rings (SSSR count). The molecule has 27 heavy (non-hydrogen) atoms. The summed E-state index contributed by atoms with van der Waals surface area (Å²) in [5.74, 6) is 0. The van der Waals surface area contributed by atoms with E-state index in [0.717, 1.165) is 25.3 Å². The summed E-state index contributed by atoms with van der Waals surface area (Å²) >= 11 is 0. The molecule has 1 aliphatic rings. The maximum Gasteiger partial charge on any atom is 0.418 e. The van der Waals surface area contributed by atoms with Gasteiger partial charge in [-0.05, 0) is 45.2 Å². The monoisotopic (exact) mass is 409 g/mol. The van der Waals surface area contributed by atoms with Crippen molar-refractivity contribution in [2.45, 2.75) is 39.3 Å². The molecule has 0 unspecified atom stereocenters. The zero-order valence-corrected chi connectivity index (χ0v) is 16.5. The van der Waals surface area contributed by atoms with Crippen LogP contribution in [0.15, 0.2) is 12.1 Å². The van der Waals surface area contributed by atoms with Crippen LogP contribution in [0.3, 0.4) is 0 Å². The lowest BCUT2D eigenvalue weighted by Gasteiger charge is -2.32. The van der Waals surface area contributed by atoms with Gasteiger partial charge in [0, 0.05) is 13.1 Å². The lowest BCUT2D eigenvalue weighted by atomic mass is 10.0. The molecule has 0 saturated carbocycles. The average Bonchev–Trinajstić information content (AvgIpc) is 2.61. The minimum atomic E-state index is -4.51. The van der Waals surface area contributed by atoms with Crippen molar-refractivity contribution in [3.63, 3.8) is 0 Å². The molecule has 0 aromatic heterocycles. The number of halogens is 3. The summed E-state index contributed by atoms with van der Waals surface area (Å²) < 4.78 is 63.5. The molecule has 1 aromatic carbocycles. The third kappa shape index (κ3) is 5.77. The van der Waals surface area contributed by atoms with E-state index in [-0.39, 0.29) is 36.6 Å². The lowest BCUT2D eigenvalue weighted by Crippen LogP contribution is -2.31. The molecular formula is C17H27F3N3O3P. The van der Waals surface area contributed by atoms with Gasteiger partial charge < -0.3 is 25.0 Å². The van der Waals surface area contributed by atoms with Crippen LogP contribution in [0.4, 0.5) is 30.2 Å². The second-order valence-corrected chi connectivity index (χ2v) is 8.34. The Labute approximate surface area is 157 Å². The van der Waals surface area contributed by atoms with Gasteiger partial charge in [-0.25, -0.2) is 0 Å². The molecule has 0 atom stereocenters. The van der Waals surface area contributed by atoms with E-state index < -0.39 is 19.3 Å². The zero-order valence-electron chi connectivity index (χ0n) is 15.6. The van der Waals surface area contributed by atoms with Crippen LogP contribution < -0.4 is 16.0 Å². The highest BCUT2D eigenvalue weighted by molar-refractivity contribution is 7.53. The van der Waals surface area contributed by atoms with Gasteiger partial charge in [0.15, 0.2) is 0 Å². The van der Waals surface area contributed by atoms with Gasteiger partial charge in [0.2, 0.25) is 0 Å². The number of hydrogen-bond donors (Lipinski definition) is 2. The van der Waals surface area contributed by atoms with Crippen molar-refractivity contribution in [3.05, 3.63) is 17.7 Å². The van der Waals surface area contributed by atoms with Crippen LogP contribution >= 0.6 is 7.60 Å². The fourth-order valence-corrected chi connectivity index (χ4v) is 4.49. The normalized spacial score (nSPS) is 15.8. The Morgan fingerprint density at radius 3 is 2.26 bits per heavy atom. The van der Waals surface area contributed by atoms with Crippen molar-refractivity contribution >= 4 is 24.7 Å². The maximum absolute atomic E-state index is 13.5. The van der Waals surface area contributed by atoms with Gasteiger partial charge in [0.05, 0.1) is 35.8 Å². The second-order valence-electron chi connectivity index (χ2n) is 6.28. The minimum absolute atomic E-state index is 0.0670. The van der Waals surface area contributed by atoms with E-state index >= 15 is 0 Å². The summed E-state index contributed by atoms with van der Waals surface area (Å²) in [6, 6.07) is 2.31. The lowest BCUT2D eigenvalue weighted by molar-refractivity contribution is -0.137. The van der Waals surface area contributed by atoms with Gasteiger partial charge in [-0.15, -0.1) is 0 Å². The Hall–Kier alpha value is -1.44. The number of nitrogen functional groups attached to an aromatic ring is 1. The summed E-state index contributed by atoms with van der Waals surface area (Å²) in [5.41, 5.74) is 5.38. The van der Waals surface area contributed by atoms with Crippen LogP contribution in [-0.4, -0.2) is 32.6 Å². The van der Waals surface area contributed by atoms with Crippen molar-refractivity contribution < 1.29 is 26.8 Å². The first-order valence-corrected chi connectivity index (χ1v) is 10.8. The molecule has 0 aliphatic carbocycles. The molecule has 1 fully saturated rings. The van der Waals surface area contributed by atoms with E-state index in [1.165, 1.54) is 6.07 Å². The Balaban J connectivity index is 2.32. The third-order valence-electron chi connectivity index (χ3n) is 4.28. The fourth-order valence-electron chi connectivity index (χ4n) is 3.09. The van der Waals surface area contributed by atoms with Crippen molar-refractivity contribution in [3.8, 4) is 0 Å². The first kappa shape index (κ1) is 21.9. The molecule has 3 N–H and O–H groups in total.